The van der Waals surface area contributed by atoms with E-state index in [1.165, 1.54) is 0 Å². The van der Waals surface area contributed by atoms with E-state index in [2.05, 4.69) is 5.32 Å². The molecule has 1 aliphatic rings. The molecule has 1 saturated heterocycles. The van der Waals surface area contributed by atoms with Gasteiger partial charge in [0.25, 0.3) is 0 Å². The lowest BCUT2D eigenvalue weighted by Gasteiger charge is -2.26. The van der Waals surface area contributed by atoms with E-state index >= 15 is 0 Å². The van der Waals surface area contributed by atoms with Gasteiger partial charge in [0.2, 0.25) is 5.91 Å². The summed E-state index contributed by atoms with van der Waals surface area (Å²) in [6.07, 6.45) is 1.51. The first kappa shape index (κ1) is 23.7. The van der Waals surface area contributed by atoms with Gasteiger partial charge in [0.15, 0.2) is 0 Å². The van der Waals surface area contributed by atoms with Gasteiger partial charge >= 0.3 is 12.1 Å². The van der Waals surface area contributed by atoms with Crippen molar-refractivity contribution in [1.29, 1.82) is 0 Å². The maximum absolute atomic E-state index is 13.0. The molecule has 0 aliphatic carbocycles. The molecule has 3 N–H and O–H groups in total. The van der Waals surface area contributed by atoms with Crippen molar-refractivity contribution < 1.29 is 23.9 Å². The number of rotatable bonds is 8. The third kappa shape index (κ3) is 7.67. The first-order valence-electron chi connectivity index (χ1n) is 10.4. The lowest BCUT2D eigenvalue weighted by molar-refractivity contribution is -0.133. The summed E-state index contributed by atoms with van der Waals surface area (Å²) in [5.74, 6) is -0.600. The fourth-order valence-corrected chi connectivity index (χ4v) is 3.24. The van der Waals surface area contributed by atoms with Crippen LogP contribution in [0.4, 0.5) is 4.79 Å². The van der Waals surface area contributed by atoms with Gasteiger partial charge in [-0.1, -0.05) is 18.2 Å². The van der Waals surface area contributed by atoms with Gasteiger partial charge in [0.05, 0.1) is 12.1 Å². The van der Waals surface area contributed by atoms with Gasteiger partial charge in [-0.2, -0.15) is 0 Å². The van der Waals surface area contributed by atoms with Crippen molar-refractivity contribution >= 4 is 18.0 Å². The van der Waals surface area contributed by atoms with Crippen molar-refractivity contribution in [1.82, 2.24) is 10.2 Å². The highest BCUT2D eigenvalue weighted by atomic mass is 16.6. The van der Waals surface area contributed by atoms with Gasteiger partial charge in [0.1, 0.15) is 17.7 Å². The molecule has 0 radical (unpaired) electrons. The van der Waals surface area contributed by atoms with Gasteiger partial charge in [-0.15, -0.1) is 0 Å². The van der Waals surface area contributed by atoms with Crippen LogP contribution in [0, 0.1) is 0 Å². The summed E-state index contributed by atoms with van der Waals surface area (Å²) in [6.45, 7) is 6.60. The first-order chi connectivity index (χ1) is 14.2. The fourth-order valence-electron chi connectivity index (χ4n) is 3.24. The van der Waals surface area contributed by atoms with Crippen LogP contribution in [0.5, 0.6) is 0 Å². The summed E-state index contributed by atoms with van der Waals surface area (Å²) in [7, 11) is 0. The minimum absolute atomic E-state index is 0.198. The molecule has 0 unspecified atom stereocenters. The van der Waals surface area contributed by atoms with Crippen molar-refractivity contribution in [3.63, 3.8) is 0 Å². The second kappa shape index (κ2) is 11.0. The highest BCUT2D eigenvalue weighted by Gasteiger charge is 2.34. The summed E-state index contributed by atoms with van der Waals surface area (Å²) in [6, 6.07) is 8.06. The summed E-state index contributed by atoms with van der Waals surface area (Å²) < 4.78 is 10.8. The van der Waals surface area contributed by atoms with Crippen molar-refractivity contribution in [3.05, 3.63) is 35.9 Å². The van der Waals surface area contributed by atoms with E-state index in [4.69, 9.17) is 15.2 Å². The van der Waals surface area contributed by atoms with E-state index in [0.717, 1.165) is 6.42 Å². The molecule has 1 fully saturated rings. The number of benzene rings is 1. The number of unbranched alkanes of at least 4 members (excludes halogenated alkanes) is 1. The zero-order chi connectivity index (χ0) is 22.1. The number of nitrogens with two attached hydrogens (primary N) is 1. The Balaban J connectivity index is 1.94. The Bertz CT molecular complexity index is 717. The molecular weight excluding hydrogens is 386 g/mol. The van der Waals surface area contributed by atoms with E-state index in [1.807, 2.05) is 6.07 Å². The highest BCUT2D eigenvalue weighted by molar-refractivity contribution is 5.89. The molecule has 2 amide bonds. The van der Waals surface area contributed by atoms with E-state index in [0.29, 0.717) is 44.5 Å². The molecule has 0 bridgehead atoms. The Morgan fingerprint density at radius 1 is 1.20 bits per heavy atom. The number of carbonyl (C=O) groups is 3. The number of hydrogen-bond acceptors (Lipinski definition) is 6. The third-order valence-corrected chi connectivity index (χ3v) is 4.68. The van der Waals surface area contributed by atoms with Gasteiger partial charge in [-0.25, -0.2) is 9.59 Å². The molecule has 2 rings (SSSR count). The molecule has 1 heterocycles. The lowest BCUT2D eigenvalue weighted by atomic mass is 10.1. The second-order valence-corrected chi connectivity index (χ2v) is 8.45. The normalized spacial score (nSPS) is 17.3. The molecule has 0 spiro atoms. The summed E-state index contributed by atoms with van der Waals surface area (Å²) in [5.41, 5.74) is 5.38. The summed E-state index contributed by atoms with van der Waals surface area (Å²) in [5, 5.41) is 2.69. The van der Waals surface area contributed by atoms with Crippen LogP contribution in [-0.2, 0) is 14.3 Å². The topological polar surface area (TPSA) is 111 Å². The number of likely N-dealkylation sites (tertiary alicyclic amines) is 1. The number of esters is 1. The monoisotopic (exact) mass is 419 g/mol. The highest BCUT2D eigenvalue weighted by Crippen LogP contribution is 2.18. The third-order valence-electron chi connectivity index (χ3n) is 4.68. The van der Waals surface area contributed by atoms with Crippen molar-refractivity contribution in [2.75, 3.05) is 19.6 Å². The zero-order valence-corrected chi connectivity index (χ0v) is 18.1. The van der Waals surface area contributed by atoms with Gasteiger partial charge in [0, 0.05) is 13.0 Å². The molecular formula is C22H33N3O5. The molecule has 30 heavy (non-hydrogen) atoms. The number of nitrogens with zero attached hydrogens (tertiary/aromatic N) is 1. The zero-order valence-electron chi connectivity index (χ0n) is 18.1. The Morgan fingerprint density at radius 3 is 2.53 bits per heavy atom. The molecule has 1 aliphatic heterocycles. The molecule has 1 aromatic rings. The molecule has 8 nitrogen and oxygen atoms in total. The Labute approximate surface area is 178 Å². The molecule has 0 aromatic heterocycles. The average Bonchev–Trinajstić information content (AvgIpc) is 3.14. The van der Waals surface area contributed by atoms with Crippen LogP contribution in [0.1, 0.15) is 56.8 Å². The fraction of sp³-hybridized carbons (Fsp3) is 0.591. The van der Waals surface area contributed by atoms with Crippen LogP contribution in [0.25, 0.3) is 0 Å². The minimum Gasteiger partial charge on any atom is -0.457 e. The van der Waals surface area contributed by atoms with Crippen LogP contribution in [-0.4, -0.2) is 60.3 Å². The van der Waals surface area contributed by atoms with Crippen LogP contribution < -0.4 is 11.1 Å². The maximum Gasteiger partial charge on any atom is 0.408 e. The summed E-state index contributed by atoms with van der Waals surface area (Å²) in [4.78, 5) is 39.1. The minimum atomic E-state index is -0.699. The molecule has 166 valence electrons. The standard InChI is InChI=1S/C22H33N3O5/c1-22(2,3)30-21(28)24-18(11-7-8-13-23)19(26)25-14-12-17(15-25)29-20(27)16-9-5-4-6-10-16/h4-6,9-10,17-18H,7-8,11-15,23H2,1-3H3,(H,24,28)/t17-,18+/m1/s1. The maximum atomic E-state index is 13.0. The summed E-state index contributed by atoms with van der Waals surface area (Å²) >= 11 is 0. The Kier molecular flexibility index (Phi) is 8.65. The van der Waals surface area contributed by atoms with Crippen LogP contribution in [0.2, 0.25) is 0 Å². The Hall–Kier alpha value is -2.61. The lowest BCUT2D eigenvalue weighted by Crippen LogP contribution is -2.49. The second-order valence-electron chi connectivity index (χ2n) is 8.45. The van der Waals surface area contributed by atoms with Gasteiger partial charge < -0.3 is 25.4 Å². The molecule has 8 heteroatoms. The predicted octanol–water partition coefficient (Wildman–Crippen LogP) is 2.47. The van der Waals surface area contributed by atoms with E-state index in [9.17, 15) is 14.4 Å². The number of alkyl carbamates (subject to hydrolysis) is 1. The smallest absolute Gasteiger partial charge is 0.408 e. The van der Waals surface area contributed by atoms with E-state index in [1.54, 1.807) is 49.9 Å². The number of nitrogens with one attached hydrogen (secondary N) is 1. The van der Waals surface area contributed by atoms with Gasteiger partial charge in [-0.3, -0.25) is 4.79 Å². The Morgan fingerprint density at radius 2 is 1.90 bits per heavy atom. The van der Waals surface area contributed by atoms with E-state index in [-0.39, 0.29) is 12.0 Å². The van der Waals surface area contributed by atoms with E-state index < -0.39 is 23.7 Å². The SMILES string of the molecule is CC(C)(C)OC(=O)N[C@@H](CCCCN)C(=O)N1CC[C@@H](OC(=O)c2ccccc2)C1. The van der Waals surface area contributed by atoms with Crippen LogP contribution in [0.15, 0.2) is 30.3 Å². The van der Waals surface area contributed by atoms with Crippen molar-refractivity contribution in [3.8, 4) is 0 Å². The van der Waals surface area contributed by atoms with Gasteiger partial charge in [-0.05, 0) is 58.7 Å². The molecule has 1 aromatic carbocycles. The number of carbonyl (C=O) groups excluding carboxylic acids is 3. The van der Waals surface area contributed by atoms with Crippen LogP contribution in [0.3, 0.4) is 0 Å². The number of ether oxygens (including phenoxy) is 2. The molecule has 2 atom stereocenters. The molecule has 0 saturated carbocycles. The number of amides is 2. The van der Waals surface area contributed by atoms with Crippen molar-refractivity contribution in [2.45, 2.75) is 64.2 Å². The van der Waals surface area contributed by atoms with Crippen LogP contribution >= 0.6 is 0 Å². The largest absolute Gasteiger partial charge is 0.457 e. The van der Waals surface area contributed by atoms with Crippen molar-refractivity contribution in [2.24, 2.45) is 5.73 Å². The number of hydrogen-bond donors (Lipinski definition) is 2. The average molecular weight is 420 g/mol. The predicted molar refractivity (Wildman–Crippen MR) is 113 cm³/mol. The quantitative estimate of drug-likeness (QED) is 0.495. The first-order valence-corrected chi connectivity index (χ1v) is 10.4.